The van der Waals surface area contributed by atoms with Crippen molar-refractivity contribution in [3.8, 4) is 11.1 Å². The van der Waals surface area contributed by atoms with E-state index in [1.807, 2.05) is 13.0 Å². The Hall–Kier alpha value is -4.19. The molecule has 0 radical (unpaired) electrons. The molecule has 4 aromatic rings. The summed E-state index contributed by atoms with van der Waals surface area (Å²) in [4.78, 5) is 49.6. The van der Waals surface area contributed by atoms with E-state index in [2.05, 4.69) is 15.2 Å². The molecule has 4 heterocycles. The van der Waals surface area contributed by atoms with E-state index in [0.717, 1.165) is 25.7 Å². The largest absolute Gasteiger partial charge is 0.395 e. The van der Waals surface area contributed by atoms with E-state index in [1.54, 1.807) is 42.5 Å². The standard InChI is InChI=1S/C35H38FN5O4S/c1-22-29(18-27(36)19-30(22)38-33(43)32-17-23-5-3-4-6-31(23)46-32)26-15-25(34(44)39(2)21-26)16-28-8-7-24(20-37-28)35(45)41-11-9-40(10-12-41)13-14-42/h7-8,15,17-21,42H,3-6,9-14,16H2,1-2H3,(H,38,43). The number of amides is 2. The van der Waals surface area contributed by atoms with Crippen LogP contribution in [0.5, 0.6) is 0 Å². The first kappa shape index (κ1) is 31.8. The maximum Gasteiger partial charge on any atom is 0.265 e. The SMILES string of the molecule is Cc1c(NC(=O)c2cc3c(s2)CCCC3)cc(F)cc1-c1cc(Cc2ccc(C(=O)N3CCN(CCO)CC3)cn2)c(=O)n(C)c1. The molecule has 2 aliphatic rings. The molecule has 0 spiro atoms. The molecule has 240 valence electrons. The molecule has 3 aromatic heterocycles. The van der Waals surface area contributed by atoms with E-state index in [9.17, 15) is 18.8 Å². The van der Waals surface area contributed by atoms with Gasteiger partial charge in [-0.25, -0.2) is 4.39 Å². The molecule has 1 aromatic carbocycles. The number of aryl methyl sites for hydroxylation is 3. The van der Waals surface area contributed by atoms with Crippen LogP contribution in [-0.4, -0.2) is 75.6 Å². The van der Waals surface area contributed by atoms with E-state index in [0.29, 0.717) is 76.8 Å². The molecule has 0 saturated carbocycles. The van der Waals surface area contributed by atoms with Gasteiger partial charge in [-0.15, -0.1) is 11.3 Å². The van der Waals surface area contributed by atoms with Gasteiger partial charge in [-0.2, -0.15) is 0 Å². The number of thiophene rings is 1. The highest BCUT2D eigenvalue weighted by Crippen LogP contribution is 2.33. The predicted octanol–water partition coefficient (Wildman–Crippen LogP) is 4.43. The molecule has 1 aliphatic carbocycles. The fourth-order valence-corrected chi connectivity index (χ4v) is 7.45. The number of hydrogen-bond acceptors (Lipinski definition) is 7. The van der Waals surface area contributed by atoms with Crippen molar-refractivity contribution < 1.29 is 19.1 Å². The molecule has 46 heavy (non-hydrogen) atoms. The molecule has 1 fully saturated rings. The quantitative estimate of drug-likeness (QED) is 0.294. The lowest BCUT2D eigenvalue weighted by molar-refractivity contribution is 0.0614. The van der Waals surface area contributed by atoms with Crippen LogP contribution in [0, 0.1) is 12.7 Å². The summed E-state index contributed by atoms with van der Waals surface area (Å²) in [7, 11) is 1.65. The van der Waals surface area contributed by atoms with Gasteiger partial charge in [0.25, 0.3) is 17.4 Å². The third kappa shape index (κ3) is 6.81. The van der Waals surface area contributed by atoms with Crippen LogP contribution in [0.2, 0.25) is 0 Å². The highest BCUT2D eigenvalue weighted by atomic mass is 32.1. The number of nitrogens with zero attached hydrogens (tertiary/aromatic N) is 4. The van der Waals surface area contributed by atoms with Gasteiger partial charge in [0.05, 0.1) is 17.0 Å². The second-order valence-electron chi connectivity index (χ2n) is 12.1. The summed E-state index contributed by atoms with van der Waals surface area (Å²) in [6.07, 6.45) is 7.69. The number of aromatic nitrogens is 2. The summed E-state index contributed by atoms with van der Waals surface area (Å²) < 4.78 is 16.4. The van der Waals surface area contributed by atoms with Gasteiger partial charge in [-0.05, 0) is 91.3 Å². The summed E-state index contributed by atoms with van der Waals surface area (Å²) in [5, 5.41) is 12.1. The lowest BCUT2D eigenvalue weighted by atomic mass is 9.97. The number of β-amino-alcohol motifs (C(OH)–C–C–N with tert-alkyl or cyclic N) is 1. The first-order chi connectivity index (χ1) is 22.2. The van der Waals surface area contributed by atoms with Gasteiger partial charge in [-0.1, -0.05) is 0 Å². The zero-order valence-corrected chi connectivity index (χ0v) is 27.0. The second-order valence-corrected chi connectivity index (χ2v) is 13.2. The Labute approximate surface area is 271 Å². The number of aliphatic hydroxyl groups excluding tert-OH is 1. The van der Waals surface area contributed by atoms with Gasteiger partial charge >= 0.3 is 0 Å². The molecule has 11 heteroatoms. The van der Waals surface area contributed by atoms with Crippen molar-refractivity contribution in [1.29, 1.82) is 0 Å². The molecule has 2 N–H and O–H groups in total. The minimum atomic E-state index is -0.492. The Morgan fingerprint density at radius 2 is 1.85 bits per heavy atom. The number of anilines is 1. The van der Waals surface area contributed by atoms with Crippen molar-refractivity contribution in [2.75, 3.05) is 44.6 Å². The molecule has 6 rings (SSSR count). The highest BCUT2D eigenvalue weighted by Gasteiger charge is 2.23. The van der Waals surface area contributed by atoms with Crippen molar-refractivity contribution in [3.63, 3.8) is 0 Å². The number of benzene rings is 1. The van der Waals surface area contributed by atoms with Gasteiger partial charge in [0, 0.05) is 80.4 Å². The van der Waals surface area contributed by atoms with Crippen LogP contribution in [0.25, 0.3) is 11.1 Å². The molecule has 0 atom stereocenters. The Morgan fingerprint density at radius 1 is 1.07 bits per heavy atom. The van der Waals surface area contributed by atoms with Gasteiger partial charge in [0.2, 0.25) is 0 Å². The minimum Gasteiger partial charge on any atom is -0.395 e. The summed E-state index contributed by atoms with van der Waals surface area (Å²) >= 11 is 1.51. The zero-order valence-electron chi connectivity index (χ0n) is 26.1. The first-order valence-corrected chi connectivity index (χ1v) is 16.5. The highest BCUT2D eigenvalue weighted by molar-refractivity contribution is 7.14. The van der Waals surface area contributed by atoms with Crippen LogP contribution in [-0.2, 0) is 26.3 Å². The van der Waals surface area contributed by atoms with Crippen LogP contribution in [0.3, 0.4) is 0 Å². The van der Waals surface area contributed by atoms with Gasteiger partial charge in [-0.3, -0.25) is 24.3 Å². The Kier molecular flexibility index (Phi) is 9.44. The number of fused-ring (bicyclic) bond motifs is 1. The van der Waals surface area contributed by atoms with Crippen LogP contribution < -0.4 is 10.9 Å². The summed E-state index contributed by atoms with van der Waals surface area (Å²) in [5.74, 6) is -0.838. The predicted molar refractivity (Wildman–Crippen MR) is 177 cm³/mol. The number of halogens is 1. The summed E-state index contributed by atoms with van der Waals surface area (Å²) in [6, 6.07) is 9.94. The van der Waals surface area contributed by atoms with Crippen molar-refractivity contribution in [3.05, 3.63) is 103 Å². The number of hydrogen-bond donors (Lipinski definition) is 2. The molecular weight excluding hydrogens is 605 g/mol. The lowest BCUT2D eigenvalue weighted by Crippen LogP contribution is -2.49. The van der Waals surface area contributed by atoms with E-state index in [-0.39, 0.29) is 30.4 Å². The number of rotatable bonds is 8. The Bertz CT molecular complexity index is 1800. The number of carbonyl (C=O) groups is 2. The molecule has 2 amide bonds. The smallest absolute Gasteiger partial charge is 0.265 e. The van der Waals surface area contributed by atoms with Crippen molar-refractivity contribution in [2.45, 2.75) is 39.0 Å². The Balaban J connectivity index is 1.20. The zero-order chi connectivity index (χ0) is 32.4. The molecule has 0 bridgehead atoms. The number of aliphatic hydroxyl groups is 1. The van der Waals surface area contributed by atoms with Crippen LogP contribution in [0.4, 0.5) is 10.1 Å². The monoisotopic (exact) mass is 643 g/mol. The van der Waals surface area contributed by atoms with Gasteiger partial charge in [0.15, 0.2) is 0 Å². The third-order valence-corrected chi connectivity index (χ3v) is 10.2. The van der Waals surface area contributed by atoms with Crippen molar-refractivity contribution in [1.82, 2.24) is 19.4 Å². The molecular formula is C35H38FN5O4S. The average Bonchev–Trinajstić information content (AvgIpc) is 3.50. The summed E-state index contributed by atoms with van der Waals surface area (Å²) in [5.41, 5.74) is 4.92. The van der Waals surface area contributed by atoms with E-state index in [1.165, 1.54) is 38.5 Å². The average molecular weight is 644 g/mol. The first-order valence-electron chi connectivity index (χ1n) is 15.7. The maximum absolute atomic E-state index is 15.0. The van der Waals surface area contributed by atoms with Gasteiger partial charge in [0.1, 0.15) is 5.82 Å². The van der Waals surface area contributed by atoms with E-state index in [4.69, 9.17) is 5.11 Å². The molecule has 0 unspecified atom stereocenters. The van der Waals surface area contributed by atoms with Crippen molar-refractivity contribution >= 4 is 28.8 Å². The maximum atomic E-state index is 15.0. The van der Waals surface area contributed by atoms with Gasteiger partial charge < -0.3 is 19.9 Å². The fraction of sp³-hybridized carbons (Fsp3) is 0.371. The number of carbonyl (C=O) groups excluding carboxylic acids is 2. The van der Waals surface area contributed by atoms with E-state index < -0.39 is 5.82 Å². The molecule has 1 aliphatic heterocycles. The fourth-order valence-electron chi connectivity index (χ4n) is 6.30. The minimum absolute atomic E-state index is 0.0937. The molecule has 9 nitrogen and oxygen atoms in total. The number of pyridine rings is 2. The second kappa shape index (κ2) is 13.7. The third-order valence-electron chi connectivity index (χ3n) is 8.93. The number of piperazine rings is 1. The van der Waals surface area contributed by atoms with E-state index >= 15 is 0 Å². The van der Waals surface area contributed by atoms with Crippen molar-refractivity contribution in [2.24, 2.45) is 7.05 Å². The normalized spacial score (nSPS) is 15.1. The topological polar surface area (TPSA) is 108 Å². The number of nitrogens with one attached hydrogen (secondary N) is 1. The van der Waals surface area contributed by atoms with Crippen LogP contribution in [0.15, 0.2) is 53.6 Å². The molecule has 1 saturated heterocycles. The van der Waals surface area contributed by atoms with Crippen LogP contribution in [0.1, 0.15) is 60.1 Å². The van der Waals surface area contributed by atoms with Crippen LogP contribution >= 0.6 is 11.3 Å². The lowest BCUT2D eigenvalue weighted by Gasteiger charge is -2.34. The summed E-state index contributed by atoms with van der Waals surface area (Å²) in [6.45, 7) is 5.14. The Morgan fingerprint density at radius 3 is 2.57 bits per heavy atom.